The first-order chi connectivity index (χ1) is 10.1. The summed E-state index contributed by atoms with van der Waals surface area (Å²) >= 11 is 0. The van der Waals surface area contributed by atoms with E-state index in [0.29, 0.717) is 30.2 Å². The monoisotopic (exact) mass is 367 g/mol. The van der Waals surface area contributed by atoms with Gasteiger partial charge < -0.3 is 15.4 Å². The van der Waals surface area contributed by atoms with Gasteiger partial charge in [-0.25, -0.2) is 0 Å². The van der Waals surface area contributed by atoms with Crippen molar-refractivity contribution >= 4 is 30.7 Å². The molecule has 0 radical (unpaired) electrons. The maximum Gasteiger partial charge on any atom is 0.222 e. The predicted octanol–water partition coefficient (Wildman–Crippen LogP) is 1.53. The highest BCUT2D eigenvalue weighted by molar-refractivity contribution is 5.85. The van der Waals surface area contributed by atoms with Crippen molar-refractivity contribution < 1.29 is 9.53 Å². The van der Waals surface area contributed by atoms with Crippen LogP contribution in [0.4, 0.5) is 0 Å². The van der Waals surface area contributed by atoms with Gasteiger partial charge in [-0.3, -0.25) is 9.69 Å². The number of carbonyl (C=O) groups is 1. The maximum atomic E-state index is 12.5. The minimum absolute atomic E-state index is 0. The van der Waals surface area contributed by atoms with E-state index in [9.17, 15) is 4.79 Å². The van der Waals surface area contributed by atoms with Crippen molar-refractivity contribution in [2.75, 3.05) is 39.4 Å². The van der Waals surface area contributed by atoms with Crippen LogP contribution in [0.25, 0.3) is 0 Å². The van der Waals surface area contributed by atoms with Crippen LogP contribution in [0.15, 0.2) is 0 Å². The Hall–Kier alpha value is -0.0700. The topological polar surface area (TPSA) is 58.8 Å². The summed E-state index contributed by atoms with van der Waals surface area (Å²) in [6, 6.07) is 0.749. The largest absolute Gasteiger partial charge is 0.379 e. The summed E-state index contributed by atoms with van der Waals surface area (Å²) in [6.07, 6.45) is 4.06. The van der Waals surface area contributed by atoms with E-state index in [2.05, 4.69) is 16.7 Å². The van der Waals surface area contributed by atoms with Crippen molar-refractivity contribution in [2.45, 2.75) is 44.7 Å². The Morgan fingerprint density at radius 3 is 2.48 bits per heavy atom. The molecule has 1 aliphatic carbocycles. The highest BCUT2D eigenvalue weighted by Crippen LogP contribution is 2.29. The van der Waals surface area contributed by atoms with Crippen LogP contribution in [0, 0.1) is 11.8 Å². The van der Waals surface area contributed by atoms with E-state index in [0.717, 1.165) is 52.2 Å². The number of amides is 1. The van der Waals surface area contributed by atoms with Gasteiger partial charge in [-0.05, 0) is 24.7 Å². The average Bonchev–Trinajstić information content (AvgIpc) is 3.07. The number of halogens is 2. The second kappa shape index (κ2) is 9.42. The zero-order valence-electron chi connectivity index (χ0n) is 14.0. The Labute approximate surface area is 152 Å². The van der Waals surface area contributed by atoms with Crippen LogP contribution in [0.2, 0.25) is 0 Å². The van der Waals surface area contributed by atoms with E-state index in [1.807, 2.05) is 0 Å². The third kappa shape index (κ3) is 4.95. The first-order valence-corrected chi connectivity index (χ1v) is 8.50. The fraction of sp³-hybridized carbons (Fsp3) is 0.938. The predicted molar refractivity (Wildman–Crippen MR) is 96.4 cm³/mol. The lowest BCUT2D eigenvalue weighted by Crippen LogP contribution is -2.47. The molecule has 2 saturated heterocycles. The number of likely N-dealkylation sites (tertiary alicyclic amines) is 1. The van der Waals surface area contributed by atoms with Crippen molar-refractivity contribution in [2.24, 2.45) is 17.6 Å². The van der Waals surface area contributed by atoms with Crippen molar-refractivity contribution in [3.05, 3.63) is 0 Å². The fourth-order valence-corrected chi connectivity index (χ4v) is 4.21. The summed E-state index contributed by atoms with van der Waals surface area (Å²) in [6.45, 7) is 7.73. The van der Waals surface area contributed by atoms with Gasteiger partial charge in [0.25, 0.3) is 0 Å². The Balaban J connectivity index is 0.00000132. The summed E-state index contributed by atoms with van der Waals surface area (Å²) in [4.78, 5) is 17.1. The second-order valence-electron chi connectivity index (χ2n) is 7.05. The molecule has 2 aliphatic heterocycles. The van der Waals surface area contributed by atoms with E-state index in [4.69, 9.17) is 10.5 Å². The van der Waals surface area contributed by atoms with Gasteiger partial charge in [0.05, 0.1) is 13.2 Å². The Morgan fingerprint density at radius 1 is 1.17 bits per heavy atom. The van der Waals surface area contributed by atoms with Crippen LogP contribution in [0.3, 0.4) is 0 Å². The van der Waals surface area contributed by atoms with E-state index in [1.165, 1.54) is 6.42 Å². The van der Waals surface area contributed by atoms with Gasteiger partial charge in [-0.2, -0.15) is 0 Å². The zero-order chi connectivity index (χ0) is 14.8. The molecule has 3 aliphatic rings. The smallest absolute Gasteiger partial charge is 0.222 e. The highest BCUT2D eigenvalue weighted by atomic mass is 35.5. The molecule has 5 nitrogen and oxygen atoms in total. The average molecular weight is 368 g/mol. The molecule has 2 N–H and O–H groups in total. The molecule has 136 valence electrons. The minimum Gasteiger partial charge on any atom is -0.379 e. The number of carbonyl (C=O) groups excluding carboxylic acids is 1. The number of ether oxygens (including phenoxy) is 1. The minimum atomic E-state index is 0. The second-order valence-corrected chi connectivity index (χ2v) is 7.05. The van der Waals surface area contributed by atoms with Crippen molar-refractivity contribution in [3.63, 3.8) is 0 Å². The molecule has 0 aromatic rings. The molecule has 3 fully saturated rings. The SMILES string of the molecule is CC1CN(C(=O)C[C@@H]2CCC[C@H]2N)CC1N1CCOCC1.Cl.Cl. The van der Waals surface area contributed by atoms with Crippen molar-refractivity contribution in [1.29, 1.82) is 0 Å². The number of morpholine rings is 1. The summed E-state index contributed by atoms with van der Waals surface area (Å²) in [5, 5.41) is 0. The number of nitrogens with two attached hydrogens (primary N) is 1. The number of nitrogens with zero attached hydrogens (tertiary/aromatic N) is 2. The third-order valence-electron chi connectivity index (χ3n) is 5.59. The molecule has 2 heterocycles. The van der Waals surface area contributed by atoms with Crippen molar-refractivity contribution in [1.82, 2.24) is 9.80 Å². The Kier molecular flexibility index (Phi) is 8.59. The molecule has 2 unspecified atom stereocenters. The summed E-state index contributed by atoms with van der Waals surface area (Å²) < 4.78 is 5.43. The van der Waals surface area contributed by atoms with Crippen LogP contribution in [0.1, 0.15) is 32.6 Å². The molecule has 1 amide bonds. The van der Waals surface area contributed by atoms with Gasteiger partial charge in [0.2, 0.25) is 5.91 Å². The quantitative estimate of drug-likeness (QED) is 0.821. The molecule has 0 spiro atoms. The zero-order valence-corrected chi connectivity index (χ0v) is 15.6. The molecule has 0 bridgehead atoms. The maximum absolute atomic E-state index is 12.5. The first-order valence-electron chi connectivity index (χ1n) is 8.50. The molecule has 4 atom stereocenters. The van der Waals surface area contributed by atoms with E-state index < -0.39 is 0 Å². The third-order valence-corrected chi connectivity index (χ3v) is 5.59. The van der Waals surface area contributed by atoms with Crippen LogP contribution >= 0.6 is 24.8 Å². The number of rotatable bonds is 3. The molecular formula is C16H31Cl2N3O2. The summed E-state index contributed by atoms with van der Waals surface area (Å²) in [5.74, 6) is 1.29. The molecular weight excluding hydrogens is 337 g/mol. The van der Waals surface area contributed by atoms with Gasteiger partial charge in [0, 0.05) is 44.7 Å². The normalized spacial score (nSPS) is 34.8. The number of hydrogen-bond acceptors (Lipinski definition) is 4. The van der Waals surface area contributed by atoms with E-state index in [1.54, 1.807) is 0 Å². The molecule has 1 saturated carbocycles. The van der Waals surface area contributed by atoms with Crippen LogP contribution in [-0.4, -0.2) is 67.2 Å². The molecule has 23 heavy (non-hydrogen) atoms. The number of hydrogen-bond donors (Lipinski definition) is 1. The van der Waals surface area contributed by atoms with Gasteiger partial charge in [0.15, 0.2) is 0 Å². The van der Waals surface area contributed by atoms with Gasteiger partial charge in [0.1, 0.15) is 0 Å². The van der Waals surface area contributed by atoms with Crippen molar-refractivity contribution in [3.8, 4) is 0 Å². The lowest BCUT2D eigenvalue weighted by Gasteiger charge is -2.34. The molecule has 3 rings (SSSR count). The summed E-state index contributed by atoms with van der Waals surface area (Å²) in [7, 11) is 0. The highest BCUT2D eigenvalue weighted by Gasteiger charge is 2.37. The molecule has 0 aromatic heterocycles. The summed E-state index contributed by atoms with van der Waals surface area (Å²) in [5.41, 5.74) is 6.10. The lowest BCUT2D eigenvalue weighted by atomic mass is 9.99. The van der Waals surface area contributed by atoms with Crippen LogP contribution in [0.5, 0.6) is 0 Å². The van der Waals surface area contributed by atoms with Gasteiger partial charge in [-0.15, -0.1) is 24.8 Å². The first kappa shape index (κ1) is 21.0. The fourth-order valence-electron chi connectivity index (χ4n) is 4.21. The molecule has 7 heteroatoms. The van der Waals surface area contributed by atoms with E-state index >= 15 is 0 Å². The van der Waals surface area contributed by atoms with Crippen LogP contribution in [-0.2, 0) is 9.53 Å². The van der Waals surface area contributed by atoms with Gasteiger partial charge in [-0.1, -0.05) is 13.3 Å². The Bertz CT molecular complexity index is 380. The lowest BCUT2D eigenvalue weighted by molar-refractivity contribution is -0.131. The van der Waals surface area contributed by atoms with Crippen LogP contribution < -0.4 is 5.73 Å². The van der Waals surface area contributed by atoms with E-state index in [-0.39, 0.29) is 30.9 Å². The standard InChI is InChI=1S/C16H29N3O2.2ClH/c1-12-10-19(11-15(12)18-5-7-21-8-6-18)16(20)9-13-3-2-4-14(13)17;;/h12-15H,2-11,17H2,1H3;2*1H/t12?,13-,14+,15?;;/m0../s1. The Morgan fingerprint density at radius 2 is 1.87 bits per heavy atom. The molecule has 0 aromatic carbocycles. The van der Waals surface area contributed by atoms with Gasteiger partial charge >= 0.3 is 0 Å².